The van der Waals surface area contributed by atoms with Crippen LogP contribution in [0.5, 0.6) is 0 Å². The zero-order chi connectivity index (χ0) is 19.3. The van der Waals surface area contributed by atoms with Crippen molar-refractivity contribution in [2.24, 2.45) is 0 Å². The summed E-state index contributed by atoms with van der Waals surface area (Å²) >= 11 is 0. The van der Waals surface area contributed by atoms with E-state index in [9.17, 15) is 17.6 Å². The lowest BCUT2D eigenvalue weighted by Gasteiger charge is -2.19. The first kappa shape index (κ1) is 19.2. The quantitative estimate of drug-likeness (QED) is 0.745. The zero-order valence-corrected chi connectivity index (χ0v) is 14.9. The smallest absolute Gasteiger partial charge is 0.319 e. The van der Waals surface area contributed by atoms with Gasteiger partial charge in [-0.25, -0.2) is 17.6 Å². The molecule has 136 valence electrons. The average Bonchev–Trinajstić information content (AvgIpc) is 2.55. The molecule has 2 aromatic rings. The molecule has 0 saturated carbocycles. The molecule has 0 heterocycles. The van der Waals surface area contributed by atoms with E-state index >= 15 is 0 Å². The molecule has 2 rings (SSSR count). The Kier molecular flexibility index (Phi) is 5.79. The Bertz CT molecular complexity index is 970. The van der Waals surface area contributed by atoms with Gasteiger partial charge in [0, 0.05) is 0 Å². The first-order valence-electron chi connectivity index (χ1n) is 7.53. The maximum absolute atomic E-state index is 13.1. The van der Waals surface area contributed by atoms with Crippen LogP contribution in [-0.4, -0.2) is 20.7 Å². The molecule has 0 bridgehead atoms. The number of benzene rings is 2. The van der Waals surface area contributed by atoms with E-state index in [4.69, 9.17) is 5.26 Å². The zero-order valence-electron chi connectivity index (χ0n) is 14.1. The van der Waals surface area contributed by atoms with Gasteiger partial charge in [-0.2, -0.15) is 5.26 Å². The second kappa shape index (κ2) is 7.84. The Hall–Kier alpha value is -3.12. The summed E-state index contributed by atoms with van der Waals surface area (Å²) in [6.07, 6.45) is 1.03. The van der Waals surface area contributed by atoms with E-state index in [1.807, 2.05) is 0 Å². The van der Waals surface area contributed by atoms with Crippen LogP contribution >= 0.6 is 0 Å². The van der Waals surface area contributed by atoms with Gasteiger partial charge in [0.05, 0.1) is 29.2 Å². The van der Waals surface area contributed by atoms with Crippen molar-refractivity contribution in [2.45, 2.75) is 13.0 Å². The summed E-state index contributed by atoms with van der Waals surface area (Å²) in [5, 5.41) is 14.1. The van der Waals surface area contributed by atoms with Gasteiger partial charge in [-0.1, -0.05) is 18.2 Å². The number of urea groups is 1. The summed E-state index contributed by atoms with van der Waals surface area (Å²) in [7, 11) is -3.47. The first-order valence-corrected chi connectivity index (χ1v) is 9.42. The van der Waals surface area contributed by atoms with E-state index in [1.165, 1.54) is 6.07 Å². The van der Waals surface area contributed by atoms with Gasteiger partial charge in [0.15, 0.2) is 0 Å². The number of halogens is 1. The molecule has 0 radical (unpaired) electrons. The molecule has 3 N–H and O–H groups in total. The number of nitrogens with zero attached hydrogens (tertiary/aromatic N) is 1. The first-order chi connectivity index (χ1) is 12.2. The molecule has 1 atom stereocenters. The molecule has 2 amide bonds. The van der Waals surface area contributed by atoms with Gasteiger partial charge in [0.25, 0.3) is 0 Å². The third kappa shape index (κ3) is 5.19. The predicted octanol–water partition coefficient (Wildman–Crippen LogP) is 2.95. The second-order valence-electron chi connectivity index (χ2n) is 5.58. The van der Waals surface area contributed by atoms with Crippen molar-refractivity contribution in [2.75, 3.05) is 16.3 Å². The van der Waals surface area contributed by atoms with Crippen molar-refractivity contribution < 1.29 is 17.6 Å². The van der Waals surface area contributed by atoms with Crippen LogP contribution in [0.25, 0.3) is 0 Å². The Morgan fingerprint density at radius 2 is 1.88 bits per heavy atom. The van der Waals surface area contributed by atoms with E-state index in [0.29, 0.717) is 11.3 Å². The third-order valence-corrected chi connectivity index (χ3v) is 4.01. The second-order valence-corrected chi connectivity index (χ2v) is 7.33. The number of carbonyl (C=O) groups is 1. The van der Waals surface area contributed by atoms with Crippen LogP contribution < -0.4 is 15.4 Å². The summed E-state index contributed by atoms with van der Waals surface area (Å²) in [5.74, 6) is -0.582. The fourth-order valence-corrected chi connectivity index (χ4v) is 2.90. The van der Waals surface area contributed by atoms with Gasteiger partial charge in [0.1, 0.15) is 11.9 Å². The SMILES string of the molecule is C[C@@H](NC(=O)Nc1ccc(F)cc1C#N)c1ccccc1NS(C)(=O)=O. The normalized spacial score (nSPS) is 11.9. The molecule has 0 unspecified atom stereocenters. The van der Waals surface area contributed by atoms with E-state index in [0.717, 1.165) is 18.4 Å². The van der Waals surface area contributed by atoms with Crippen LogP contribution in [0.15, 0.2) is 42.5 Å². The minimum absolute atomic E-state index is 0.00746. The molecule has 0 fully saturated rings. The van der Waals surface area contributed by atoms with Crippen molar-refractivity contribution in [3.63, 3.8) is 0 Å². The van der Waals surface area contributed by atoms with Crippen LogP contribution in [-0.2, 0) is 10.0 Å². The molecule has 0 aliphatic carbocycles. The molecular formula is C17H17FN4O3S. The van der Waals surface area contributed by atoms with Crippen molar-refractivity contribution >= 4 is 27.4 Å². The topological polar surface area (TPSA) is 111 Å². The van der Waals surface area contributed by atoms with Crippen molar-refractivity contribution in [3.05, 3.63) is 59.4 Å². The molecular weight excluding hydrogens is 359 g/mol. The lowest BCUT2D eigenvalue weighted by molar-refractivity contribution is 0.249. The number of amides is 2. The molecule has 0 aromatic heterocycles. The lowest BCUT2D eigenvalue weighted by Crippen LogP contribution is -2.32. The molecule has 0 saturated heterocycles. The van der Waals surface area contributed by atoms with E-state index in [2.05, 4.69) is 15.4 Å². The van der Waals surface area contributed by atoms with Crippen LogP contribution in [0.3, 0.4) is 0 Å². The standard InChI is InChI=1S/C17H17FN4O3S/c1-11(14-5-3-4-6-16(14)22-26(2,24)25)20-17(23)21-15-8-7-13(18)9-12(15)10-19/h3-9,11,22H,1-2H3,(H2,20,21,23)/t11-/m1/s1. The minimum Gasteiger partial charge on any atom is -0.331 e. The number of para-hydroxylation sites is 1. The van der Waals surface area contributed by atoms with Gasteiger partial charge in [-0.15, -0.1) is 0 Å². The predicted molar refractivity (Wildman–Crippen MR) is 96.6 cm³/mol. The summed E-state index contributed by atoms with van der Waals surface area (Å²) in [6.45, 7) is 1.68. The highest BCUT2D eigenvalue weighted by Crippen LogP contribution is 2.23. The summed E-state index contributed by atoms with van der Waals surface area (Å²) in [5.41, 5.74) is 1.07. The Morgan fingerprint density at radius 3 is 2.54 bits per heavy atom. The molecule has 26 heavy (non-hydrogen) atoms. The fraction of sp³-hybridized carbons (Fsp3) is 0.176. The number of hydrogen-bond acceptors (Lipinski definition) is 4. The van der Waals surface area contributed by atoms with Gasteiger partial charge < -0.3 is 10.6 Å². The number of hydrogen-bond donors (Lipinski definition) is 3. The maximum atomic E-state index is 13.1. The van der Waals surface area contributed by atoms with Gasteiger partial charge in [-0.05, 0) is 36.8 Å². The highest BCUT2D eigenvalue weighted by Gasteiger charge is 2.16. The Balaban J connectivity index is 2.15. The third-order valence-electron chi connectivity index (χ3n) is 3.42. The monoisotopic (exact) mass is 376 g/mol. The van der Waals surface area contributed by atoms with Crippen LogP contribution in [0.1, 0.15) is 24.1 Å². The fourth-order valence-electron chi connectivity index (χ4n) is 2.32. The minimum atomic E-state index is -3.47. The van der Waals surface area contributed by atoms with Crippen LogP contribution in [0.2, 0.25) is 0 Å². The van der Waals surface area contributed by atoms with Crippen LogP contribution in [0, 0.1) is 17.1 Å². The Labute approximate surface area is 150 Å². The highest BCUT2D eigenvalue weighted by atomic mass is 32.2. The van der Waals surface area contributed by atoms with E-state index < -0.39 is 27.9 Å². The summed E-state index contributed by atoms with van der Waals surface area (Å²) in [4.78, 5) is 12.2. The number of nitrogens with one attached hydrogen (secondary N) is 3. The highest BCUT2D eigenvalue weighted by molar-refractivity contribution is 7.92. The molecule has 0 aliphatic heterocycles. The molecule has 7 nitrogen and oxygen atoms in total. The maximum Gasteiger partial charge on any atom is 0.319 e. The number of rotatable bonds is 5. The van der Waals surface area contributed by atoms with Gasteiger partial charge in [-0.3, -0.25) is 4.72 Å². The average molecular weight is 376 g/mol. The van der Waals surface area contributed by atoms with E-state index in [-0.39, 0.29) is 11.3 Å². The van der Waals surface area contributed by atoms with Crippen LogP contribution in [0.4, 0.5) is 20.6 Å². The molecule has 9 heteroatoms. The Morgan fingerprint density at radius 1 is 1.19 bits per heavy atom. The number of anilines is 2. The molecule has 2 aromatic carbocycles. The van der Waals surface area contributed by atoms with Crippen molar-refractivity contribution in [3.8, 4) is 6.07 Å². The number of carbonyl (C=O) groups excluding carboxylic acids is 1. The number of nitriles is 1. The summed E-state index contributed by atoms with van der Waals surface area (Å²) in [6, 6.07) is 10.7. The lowest BCUT2D eigenvalue weighted by atomic mass is 10.1. The summed E-state index contributed by atoms with van der Waals surface area (Å²) < 4.78 is 38.5. The van der Waals surface area contributed by atoms with E-state index in [1.54, 1.807) is 37.3 Å². The van der Waals surface area contributed by atoms with Gasteiger partial charge in [0.2, 0.25) is 10.0 Å². The largest absolute Gasteiger partial charge is 0.331 e. The molecule has 0 aliphatic rings. The van der Waals surface area contributed by atoms with Crippen molar-refractivity contribution in [1.82, 2.24) is 5.32 Å². The molecule has 0 spiro atoms. The van der Waals surface area contributed by atoms with Crippen molar-refractivity contribution in [1.29, 1.82) is 5.26 Å². The number of sulfonamides is 1. The van der Waals surface area contributed by atoms with Gasteiger partial charge >= 0.3 is 6.03 Å².